The molecule has 7 nitrogen and oxygen atoms in total. The summed E-state index contributed by atoms with van der Waals surface area (Å²) in [6, 6.07) is 5.16. The number of benzene rings is 1. The predicted octanol–water partition coefficient (Wildman–Crippen LogP) is 0.762. The lowest BCUT2D eigenvalue weighted by atomic mass is 9.99. The molecule has 9 heteroatoms. The lowest BCUT2D eigenvalue weighted by Crippen LogP contribution is -2.60. The van der Waals surface area contributed by atoms with Crippen molar-refractivity contribution in [2.75, 3.05) is 6.61 Å². The molecule has 1 aromatic carbocycles. The molecule has 0 unspecified atom stereocenters. The number of halogens is 2. The Hall–Kier alpha value is -0.870. The summed E-state index contributed by atoms with van der Waals surface area (Å²) >= 11 is 9.34. The van der Waals surface area contributed by atoms with Crippen LogP contribution in [0.3, 0.4) is 0 Å². The van der Waals surface area contributed by atoms with Crippen LogP contribution in [0.1, 0.15) is 0 Å². The van der Waals surface area contributed by atoms with E-state index < -0.39 is 37.3 Å². The highest BCUT2D eigenvalue weighted by Gasteiger charge is 2.45. The Balaban J connectivity index is 1.83. The molecule has 1 saturated heterocycles. The number of ether oxygens (including phenoxy) is 2. The summed E-state index contributed by atoms with van der Waals surface area (Å²) in [7, 11) is 0. The third kappa shape index (κ3) is 3.20. The molecule has 3 rings (SSSR count). The van der Waals surface area contributed by atoms with Crippen molar-refractivity contribution in [2.45, 2.75) is 30.7 Å². The number of H-pyrrole nitrogens is 1. The van der Waals surface area contributed by atoms with Crippen molar-refractivity contribution in [3.05, 3.63) is 27.7 Å². The molecule has 0 bridgehead atoms. The average molecular weight is 409 g/mol. The third-order valence-corrected chi connectivity index (χ3v) is 4.94. The molecule has 2 heterocycles. The zero-order valence-corrected chi connectivity index (χ0v) is 14.0. The van der Waals surface area contributed by atoms with E-state index in [1.165, 1.54) is 0 Å². The number of rotatable bonds is 3. The third-order valence-electron chi connectivity index (χ3n) is 3.74. The van der Waals surface area contributed by atoms with Crippen LogP contribution in [0.5, 0.6) is 5.88 Å². The lowest BCUT2D eigenvalue weighted by molar-refractivity contribution is -0.280. The molecule has 1 aliphatic rings. The van der Waals surface area contributed by atoms with E-state index in [1.54, 1.807) is 18.2 Å². The molecule has 0 spiro atoms. The largest absolute Gasteiger partial charge is 0.467 e. The molecule has 23 heavy (non-hydrogen) atoms. The van der Waals surface area contributed by atoms with Crippen LogP contribution < -0.4 is 4.74 Å². The minimum absolute atomic E-state index is 0.274. The Bertz CT molecular complexity index is 671. The van der Waals surface area contributed by atoms with Crippen LogP contribution in [0.15, 0.2) is 22.7 Å². The van der Waals surface area contributed by atoms with Crippen molar-refractivity contribution >= 4 is 38.4 Å². The van der Waals surface area contributed by atoms with Crippen molar-refractivity contribution in [3.63, 3.8) is 0 Å². The molecule has 0 saturated carbocycles. The Morgan fingerprint density at radius 3 is 2.65 bits per heavy atom. The van der Waals surface area contributed by atoms with Crippen LogP contribution in [0.25, 0.3) is 10.9 Å². The topological polar surface area (TPSA) is 115 Å². The van der Waals surface area contributed by atoms with Crippen molar-refractivity contribution < 1.29 is 29.9 Å². The predicted molar refractivity (Wildman–Crippen MR) is 85.4 cm³/mol. The fraction of sp³-hybridized carbons (Fsp3) is 0.429. The first-order valence-corrected chi connectivity index (χ1v) is 8.02. The van der Waals surface area contributed by atoms with Gasteiger partial charge >= 0.3 is 0 Å². The van der Waals surface area contributed by atoms with E-state index in [9.17, 15) is 15.3 Å². The maximum atomic E-state index is 10.1. The second-order valence-electron chi connectivity index (χ2n) is 5.30. The Morgan fingerprint density at radius 1 is 1.22 bits per heavy atom. The van der Waals surface area contributed by atoms with Gasteiger partial charge in [-0.2, -0.15) is 0 Å². The van der Waals surface area contributed by atoms with Crippen LogP contribution in [0.2, 0.25) is 5.02 Å². The van der Waals surface area contributed by atoms with Crippen LogP contribution in [-0.2, 0) is 4.74 Å². The van der Waals surface area contributed by atoms with Crippen LogP contribution in [0, 0.1) is 0 Å². The van der Waals surface area contributed by atoms with Gasteiger partial charge in [0.1, 0.15) is 18.3 Å². The first-order valence-electron chi connectivity index (χ1n) is 6.85. The quantitative estimate of drug-likeness (QED) is 0.512. The van der Waals surface area contributed by atoms with Gasteiger partial charge in [0.2, 0.25) is 0 Å². The van der Waals surface area contributed by atoms with Gasteiger partial charge in [0.15, 0.2) is 18.3 Å². The maximum Gasteiger partial charge on any atom is 0.195 e. The van der Waals surface area contributed by atoms with E-state index in [0.717, 1.165) is 9.86 Å². The zero-order chi connectivity index (χ0) is 16.7. The van der Waals surface area contributed by atoms with Crippen molar-refractivity contribution in [2.24, 2.45) is 0 Å². The molecule has 0 aliphatic carbocycles. The number of aromatic nitrogens is 1. The number of hydrogen-bond acceptors (Lipinski definition) is 6. The minimum Gasteiger partial charge on any atom is -0.467 e. The number of fused-ring (bicyclic) bond motifs is 1. The Morgan fingerprint density at radius 2 is 1.96 bits per heavy atom. The smallest absolute Gasteiger partial charge is 0.195 e. The van der Waals surface area contributed by atoms with E-state index in [1.807, 2.05) is 0 Å². The summed E-state index contributed by atoms with van der Waals surface area (Å²) in [6.07, 6.45) is -6.57. The summed E-state index contributed by atoms with van der Waals surface area (Å²) in [5, 5.41) is 40.2. The Labute approximate surface area is 144 Å². The number of aliphatic hydroxyl groups is 4. The van der Waals surface area contributed by atoms with E-state index >= 15 is 0 Å². The second kappa shape index (κ2) is 6.56. The second-order valence-corrected chi connectivity index (χ2v) is 6.56. The minimum atomic E-state index is -1.49. The normalized spacial score (nSPS) is 31.5. The molecule has 126 valence electrons. The molecule has 1 aromatic heterocycles. The van der Waals surface area contributed by atoms with Gasteiger partial charge < -0.3 is 34.9 Å². The van der Waals surface area contributed by atoms with Crippen molar-refractivity contribution in [3.8, 4) is 5.88 Å². The molecule has 2 aromatic rings. The maximum absolute atomic E-state index is 10.1. The van der Waals surface area contributed by atoms with E-state index in [2.05, 4.69) is 20.9 Å². The number of aliphatic hydroxyl groups excluding tert-OH is 4. The zero-order valence-electron chi connectivity index (χ0n) is 11.7. The van der Waals surface area contributed by atoms with Crippen molar-refractivity contribution in [1.82, 2.24) is 4.98 Å². The fourth-order valence-electron chi connectivity index (χ4n) is 2.51. The highest BCUT2D eigenvalue weighted by molar-refractivity contribution is 9.10. The molecule has 5 atom stereocenters. The van der Waals surface area contributed by atoms with Gasteiger partial charge in [-0.25, -0.2) is 0 Å². The lowest BCUT2D eigenvalue weighted by Gasteiger charge is -2.39. The summed E-state index contributed by atoms with van der Waals surface area (Å²) < 4.78 is 11.3. The first kappa shape index (κ1) is 17.0. The first-order chi connectivity index (χ1) is 10.9. The van der Waals surface area contributed by atoms with Gasteiger partial charge in [0, 0.05) is 21.4 Å². The summed E-state index contributed by atoms with van der Waals surface area (Å²) in [4.78, 5) is 2.96. The van der Waals surface area contributed by atoms with Gasteiger partial charge in [0.25, 0.3) is 0 Å². The Kier molecular flexibility index (Phi) is 4.84. The number of aromatic amines is 1. The van der Waals surface area contributed by atoms with Gasteiger partial charge in [0.05, 0.1) is 11.6 Å². The van der Waals surface area contributed by atoms with Crippen molar-refractivity contribution in [1.29, 1.82) is 0 Å². The number of hydrogen-bond donors (Lipinski definition) is 5. The van der Waals surface area contributed by atoms with Gasteiger partial charge in [-0.15, -0.1) is 0 Å². The van der Waals surface area contributed by atoms with Crippen LogP contribution in [-0.4, -0.2) is 62.7 Å². The molecule has 5 N–H and O–H groups in total. The van der Waals surface area contributed by atoms with Crippen LogP contribution in [0.4, 0.5) is 0 Å². The standard InChI is InChI=1S/C14H15BrClNO6/c15-6-1-5-2-10(17-8(5)3-7(6)16)23-13-12(20)11(19)9(4-18)22-14(13)21/h1-3,9,11-14,17-21H,4H2/t9-,11-,12+,13-,14-/m1/s1. The number of nitrogens with one attached hydrogen (secondary N) is 1. The van der Waals surface area contributed by atoms with Crippen LogP contribution >= 0.6 is 27.5 Å². The highest BCUT2D eigenvalue weighted by Crippen LogP contribution is 2.31. The molecule has 1 fully saturated rings. The monoisotopic (exact) mass is 407 g/mol. The van der Waals surface area contributed by atoms with E-state index in [-0.39, 0.29) is 5.88 Å². The molecular formula is C14H15BrClNO6. The molecular weight excluding hydrogens is 394 g/mol. The summed E-state index contributed by atoms with van der Waals surface area (Å²) in [5.74, 6) is 0.274. The fourth-order valence-corrected chi connectivity index (χ4v) is 3.03. The van der Waals surface area contributed by atoms with Gasteiger partial charge in [-0.3, -0.25) is 0 Å². The molecule has 1 aliphatic heterocycles. The summed E-state index contributed by atoms with van der Waals surface area (Å²) in [5.41, 5.74) is 0.711. The molecule has 0 radical (unpaired) electrons. The van der Waals surface area contributed by atoms with E-state index in [4.69, 9.17) is 26.2 Å². The highest BCUT2D eigenvalue weighted by atomic mass is 79.9. The SMILES string of the molecule is OC[C@H]1O[C@@H](O)[C@H](Oc2cc3cc(Br)c(Cl)cc3[nH]2)[C@@H](O)[C@@H]1O. The van der Waals surface area contributed by atoms with Gasteiger partial charge in [-0.05, 0) is 28.1 Å². The average Bonchev–Trinajstić information content (AvgIpc) is 2.89. The van der Waals surface area contributed by atoms with E-state index in [0.29, 0.717) is 10.5 Å². The summed E-state index contributed by atoms with van der Waals surface area (Å²) in [6.45, 7) is -0.527. The van der Waals surface area contributed by atoms with Gasteiger partial charge in [-0.1, -0.05) is 11.6 Å². The molecule has 0 amide bonds.